The summed E-state index contributed by atoms with van der Waals surface area (Å²) in [6, 6.07) is 9.28. The zero-order chi connectivity index (χ0) is 19.4. The molecule has 0 aliphatic carbocycles. The molecule has 2 amide bonds. The van der Waals surface area contributed by atoms with Crippen molar-refractivity contribution in [1.82, 2.24) is 9.88 Å². The van der Waals surface area contributed by atoms with E-state index in [1.165, 1.54) is 0 Å². The van der Waals surface area contributed by atoms with E-state index in [-0.39, 0.29) is 11.6 Å². The number of benzene rings is 1. The SMILES string of the molecule is CC(C)(C)Oc1ccccc1NC(=O)N1CCN(c2ccncc2Cl)CC1. The Morgan fingerprint density at radius 3 is 2.52 bits per heavy atom. The number of piperazine rings is 1. The molecule has 0 radical (unpaired) electrons. The van der Waals surface area contributed by atoms with Gasteiger partial charge in [-0.15, -0.1) is 0 Å². The number of nitrogens with one attached hydrogen (secondary N) is 1. The smallest absolute Gasteiger partial charge is 0.322 e. The zero-order valence-corrected chi connectivity index (χ0v) is 16.7. The number of para-hydroxylation sites is 2. The molecule has 1 aliphatic rings. The van der Waals surface area contributed by atoms with Gasteiger partial charge in [0.1, 0.15) is 11.4 Å². The minimum atomic E-state index is -0.337. The van der Waals surface area contributed by atoms with Gasteiger partial charge in [-0.25, -0.2) is 4.79 Å². The van der Waals surface area contributed by atoms with Crippen molar-refractivity contribution in [2.45, 2.75) is 26.4 Å². The van der Waals surface area contributed by atoms with Crippen LogP contribution in [0.5, 0.6) is 5.75 Å². The van der Waals surface area contributed by atoms with Crippen LogP contribution in [0.1, 0.15) is 20.8 Å². The summed E-state index contributed by atoms with van der Waals surface area (Å²) in [7, 11) is 0. The van der Waals surface area contributed by atoms with Crippen molar-refractivity contribution in [3.05, 3.63) is 47.7 Å². The number of anilines is 2. The third-order valence-electron chi connectivity index (χ3n) is 4.20. The van der Waals surface area contributed by atoms with Crippen molar-refractivity contribution in [1.29, 1.82) is 0 Å². The van der Waals surface area contributed by atoms with Gasteiger partial charge in [0, 0.05) is 38.6 Å². The molecule has 2 heterocycles. The standard InChI is InChI=1S/C20H25ClN4O2/c1-20(2,3)27-18-7-5-4-6-16(18)23-19(26)25-12-10-24(11-13-25)17-8-9-22-14-15(17)21/h4-9,14H,10-13H2,1-3H3,(H,23,26). The Labute approximate surface area is 165 Å². The average Bonchev–Trinajstić information content (AvgIpc) is 2.63. The number of rotatable bonds is 3. The summed E-state index contributed by atoms with van der Waals surface area (Å²) in [4.78, 5) is 20.7. The lowest BCUT2D eigenvalue weighted by Gasteiger charge is -2.36. The fourth-order valence-corrected chi connectivity index (χ4v) is 3.20. The molecule has 6 nitrogen and oxygen atoms in total. The first-order chi connectivity index (χ1) is 12.8. The average molecular weight is 389 g/mol. The van der Waals surface area contributed by atoms with E-state index in [2.05, 4.69) is 15.2 Å². The summed E-state index contributed by atoms with van der Waals surface area (Å²) in [6.07, 6.45) is 3.37. The Morgan fingerprint density at radius 2 is 1.85 bits per heavy atom. The van der Waals surface area contributed by atoms with Gasteiger partial charge in [0.2, 0.25) is 0 Å². The van der Waals surface area contributed by atoms with E-state index < -0.39 is 0 Å². The number of aromatic nitrogens is 1. The molecule has 1 aliphatic heterocycles. The second-order valence-electron chi connectivity index (χ2n) is 7.44. The maximum atomic E-state index is 12.7. The van der Waals surface area contributed by atoms with Gasteiger partial charge in [-0.2, -0.15) is 0 Å². The van der Waals surface area contributed by atoms with E-state index in [4.69, 9.17) is 16.3 Å². The monoisotopic (exact) mass is 388 g/mol. The summed E-state index contributed by atoms with van der Waals surface area (Å²) in [6.45, 7) is 8.62. The Kier molecular flexibility index (Phi) is 5.75. The van der Waals surface area contributed by atoms with E-state index in [0.717, 1.165) is 18.8 Å². The minimum Gasteiger partial charge on any atom is -0.486 e. The van der Waals surface area contributed by atoms with Crippen LogP contribution in [0.2, 0.25) is 5.02 Å². The fraction of sp³-hybridized carbons (Fsp3) is 0.400. The Hall–Kier alpha value is -2.47. The van der Waals surface area contributed by atoms with Crippen LogP contribution in [0, 0.1) is 0 Å². The maximum Gasteiger partial charge on any atom is 0.322 e. The third kappa shape index (κ3) is 5.04. The first kappa shape index (κ1) is 19.3. The molecule has 1 saturated heterocycles. The Balaban J connectivity index is 1.62. The molecule has 3 rings (SSSR count). The number of ether oxygens (including phenoxy) is 1. The van der Waals surface area contributed by atoms with Crippen LogP contribution in [-0.4, -0.2) is 47.7 Å². The van der Waals surface area contributed by atoms with Crippen molar-refractivity contribution in [2.24, 2.45) is 0 Å². The number of pyridine rings is 1. The van der Waals surface area contributed by atoms with Crippen LogP contribution >= 0.6 is 11.6 Å². The molecule has 0 saturated carbocycles. The lowest BCUT2D eigenvalue weighted by Crippen LogP contribution is -2.50. The topological polar surface area (TPSA) is 57.7 Å². The van der Waals surface area contributed by atoms with Gasteiger partial charge in [0.05, 0.1) is 16.4 Å². The molecule has 1 fully saturated rings. The lowest BCUT2D eigenvalue weighted by molar-refractivity contribution is 0.131. The number of hydrogen-bond donors (Lipinski definition) is 1. The summed E-state index contributed by atoms with van der Waals surface area (Å²) in [5.74, 6) is 0.667. The Morgan fingerprint density at radius 1 is 1.15 bits per heavy atom. The van der Waals surface area contributed by atoms with Crippen molar-refractivity contribution in [3.63, 3.8) is 0 Å². The van der Waals surface area contributed by atoms with Gasteiger partial charge in [-0.05, 0) is 39.0 Å². The van der Waals surface area contributed by atoms with E-state index in [1.807, 2.05) is 51.1 Å². The van der Waals surface area contributed by atoms with Gasteiger partial charge in [-0.1, -0.05) is 23.7 Å². The second kappa shape index (κ2) is 8.05. The van der Waals surface area contributed by atoms with Gasteiger partial charge < -0.3 is 19.9 Å². The molecule has 7 heteroatoms. The fourth-order valence-electron chi connectivity index (χ4n) is 2.96. The lowest BCUT2D eigenvalue weighted by atomic mass is 10.2. The molecule has 1 aromatic heterocycles. The predicted molar refractivity (Wildman–Crippen MR) is 109 cm³/mol. The number of halogens is 1. The number of urea groups is 1. The van der Waals surface area contributed by atoms with Crippen LogP contribution in [0.25, 0.3) is 0 Å². The number of amides is 2. The molecule has 144 valence electrons. The largest absolute Gasteiger partial charge is 0.486 e. The van der Waals surface area contributed by atoms with Crippen LogP contribution in [0.4, 0.5) is 16.2 Å². The molecule has 2 aromatic rings. The van der Waals surface area contributed by atoms with Gasteiger partial charge in [0.25, 0.3) is 0 Å². The molecule has 27 heavy (non-hydrogen) atoms. The normalized spacial score (nSPS) is 14.8. The highest BCUT2D eigenvalue weighted by atomic mass is 35.5. The quantitative estimate of drug-likeness (QED) is 0.853. The van der Waals surface area contributed by atoms with Crippen LogP contribution in [0.3, 0.4) is 0 Å². The van der Waals surface area contributed by atoms with E-state index in [0.29, 0.717) is 29.5 Å². The van der Waals surface area contributed by atoms with Gasteiger partial charge >= 0.3 is 6.03 Å². The van der Waals surface area contributed by atoms with E-state index in [1.54, 1.807) is 17.3 Å². The Bertz CT molecular complexity index is 799. The number of nitrogens with zero attached hydrogens (tertiary/aromatic N) is 3. The third-order valence-corrected chi connectivity index (χ3v) is 4.49. The van der Waals surface area contributed by atoms with Crippen LogP contribution in [0.15, 0.2) is 42.7 Å². The molecule has 0 bridgehead atoms. The molecule has 0 atom stereocenters. The van der Waals surface area contributed by atoms with Crippen LogP contribution < -0.4 is 15.0 Å². The van der Waals surface area contributed by atoms with Crippen molar-refractivity contribution in [3.8, 4) is 5.75 Å². The number of hydrogen-bond acceptors (Lipinski definition) is 4. The highest BCUT2D eigenvalue weighted by Crippen LogP contribution is 2.28. The first-order valence-corrected chi connectivity index (χ1v) is 9.40. The van der Waals surface area contributed by atoms with E-state index >= 15 is 0 Å². The molecular weight excluding hydrogens is 364 g/mol. The molecular formula is C20H25ClN4O2. The van der Waals surface area contributed by atoms with Crippen molar-refractivity contribution >= 4 is 29.0 Å². The summed E-state index contributed by atoms with van der Waals surface area (Å²) in [5, 5.41) is 3.60. The van der Waals surface area contributed by atoms with Gasteiger partial charge in [0.15, 0.2) is 0 Å². The highest BCUT2D eigenvalue weighted by molar-refractivity contribution is 6.33. The highest BCUT2D eigenvalue weighted by Gasteiger charge is 2.23. The molecule has 1 aromatic carbocycles. The van der Waals surface area contributed by atoms with Gasteiger partial charge in [-0.3, -0.25) is 4.98 Å². The predicted octanol–water partition coefficient (Wildman–Crippen LogP) is 4.27. The summed E-state index contributed by atoms with van der Waals surface area (Å²) >= 11 is 6.22. The minimum absolute atomic E-state index is 0.125. The van der Waals surface area contributed by atoms with Crippen molar-refractivity contribution < 1.29 is 9.53 Å². The van der Waals surface area contributed by atoms with E-state index in [9.17, 15) is 4.79 Å². The molecule has 0 unspecified atom stereocenters. The maximum absolute atomic E-state index is 12.7. The molecule has 0 spiro atoms. The summed E-state index contributed by atoms with van der Waals surface area (Å²) < 4.78 is 5.95. The zero-order valence-electron chi connectivity index (χ0n) is 15.9. The first-order valence-electron chi connectivity index (χ1n) is 9.02. The number of carbonyl (C=O) groups is 1. The number of carbonyl (C=O) groups excluding carboxylic acids is 1. The summed E-state index contributed by atoms with van der Waals surface area (Å²) in [5.41, 5.74) is 1.30. The van der Waals surface area contributed by atoms with Crippen LogP contribution in [-0.2, 0) is 0 Å². The molecule has 1 N–H and O–H groups in total. The second-order valence-corrected chi connectivity index (χ2v) is 7.85. The van der Waals surface area contributed by atoms with Crippen molar-refractivity contribution in [2.75, 3.05) is 36.4 Å².